The zero-order chi connectivity index (χ0) is 22.1. The van der Waals surface area contributed by atoms with Crippen LogP contribution in [0.1, 0.15) is 94.6 Å². The van der Waals surface area contributed by atoms with E-state index in [2.05, 4.69) is 69.2 Å². The first-order valence-corrected chi connectivity index (χ1v) is 12.8. The van der Waals surface area contributed by atoms with Crippen molar-refractivity contribution in [2.45, 2.75) is 96.3 Å². The lowest BCUT2D eigenvalue weighted by atomic mass is 10.0. The molecule has 1 N–H and O–H groups in total. The number of nitrogens with zero attached hydrogens (tertiary/aromatic N) is 3. The van der Waals surface area contributed by atoms with E-state index in [1.807, 2.05) is 6.07 Å². The molecule has 0 bridgehead atoms. The molecule has 0 aliphatic carbocycles. The van der Waals surface area contributed by atoms with Crippen molar-refractivity contribution >= 4 is 0 Å². The molecule has 0 fully saturated rings. The maximum atomic E-state index is 4.06. The average Bonchev–Trinajstić information content (AvgIpc) is 3.38. The molecule has 0 aliphatic heterocycles. The van der Waals surface area contributed by atoms with Crippen LogP contribution in [0.3, 0.4) is 0 Å². The number of hydrogen-bond donors (Lipinski definition) is 1. The Bertz CT molecular complexity index is 830. The van der Waals surface area contributed by atoms with E-state index >= 15 is 0 Å². The predicted molar refractivity (Wildman–Crippen MR) is 133 cm³/mol. The van der Waals surface area contributed by atoms with Crippen LogP contribution in [-0.4, -0.2) is 20.6 Å². The first kappa shape index (κ1) is 24.2. The molecule has 0 spiro atoms. The summed E-state index contributed by atoms with van der Waals surface area (Å²) in [5.41, 5.74) is 3.90. The van der Waals surface area contributed by atoms with Crippen LogP contribution in [-0.2, 0) is 12.8 Å². The molecule has 0 saturated heterocycles. The van der Waals surface area contributed by atoms with Crippen LogP contribution in [0.4, 0.5) is 0 Å². The van der Waals surface area contributed by atoms with Crippen molar-refractivity contribution in [1.29, 1.82) is 0 Å². The fourth-order valence-electron chi connectivity index (χ4n) is 4.40. The summed E-state index contributed by atoms with van der Waals surface area (Å²) in [7, 11) is 0. The highest BCUT2D eigenvalue weighted by molar-refractivity contribution is 5.54. The third-order valence-corrected chi connectivity index (χ3v) is 6.30. The number of nitrogens with one attached hydrogen (secondary N) is 1. The maximum absolute atomic E-state index is 4.06. The van der Waals surface area contributed by atoms with Gasteiger partial charge >= 0.3 is 0 Å². The Labute approximate surface area is 194 Å². The van der Waals surface area contributed by atoms with Gasteiger partial charge < -0.3 is 0 Å². The number of rotatable bonds is 17. The predicted octanol–water partition coefficient (Wildman–Crippen LogP) is 7.72. The maximum Gasteiger partial charge on any atom is 0.204 e. The first-order chi connectivity index (χ1) is 15.9. The van der Waals surface area contributed by atoms with Gasteiger partial charge in [0.2, 0.25) is 5.82 Å². The van der Waals surface area contributed by atoms with Gasteiger partial charge in [-0.3, -0.25) is 0 Å². The molecule has 1 aromatic heterocycles. The van der Waals surface area contributed by atoms with Gasteiger partial charge in [0, 0.05) is 5.56 Å². The average molecular weight is 433 g/mol. The molecule has 1 heterocycles. The summed E-state index contributed by atoms with van der Waals surface area (Å²) in [4.78, 5) is 0. The summed E-state index contributed by atoms with van der Waals surface area (Å²) in [6.45, 7) is 0. The molecule has 0 unspecified atom stereocenters. The number of unbranched alkanes of at least 4 members (excludes halogenated alkanes) is 12. The topological polar surface area (TPSA) is 54.5 Å². The second-order valence-corrected chi connectivity index (χ2v) is 9.02. The van der Waals surface area contributed by atoms with E-state index in [1.165, 1.54) is 101 Å². The molecule has 4 nitrogen and oxygen atoms in total. The van der Waals surface area contributed by atoms with E-state index in [1.54, 1.807) is 0 Å². The Morgan fingerprint density at radius 1 is 0.531 bits per heavy atom. The standard InChI is InChI=1S/C28H40N4/c1(2-4-6-8-10-13-18-25-19-15-12-16-20-25)3-5-7-9-11-14-21-26-22-17-23-27(24-26)28-29-31-32-30-28/h12,15-17,19-20,22-24H,1-11,13-14,18,21H2,(H,29,30,31,32). The smallest absolute Gasteiger partial charge is 0.177 e. The second-order valence-electron chi connectivity index (χ2n) is 9.02. The summed E-state index contributed by atoms with van der Waals surface area (Å²) >= 11 is 0. The third-order valence-electron chi connectivity index (χ3n) is 6.30. The van der Waals surface area contributed by atoms with Gasteiger partial charge in [0.05, 0.1) is 0 Å². The van der Waals surface area contributed by atoms with Crippen molar-refractivity contribution in [1.82, 2.24) is 20.6 Å². The zero-order valence-electron chi connectivity index (χ0n) is 19.6. The van der Waals surface area contributed by atoms with Crippen LogP contribution in [0.15, 0.2) is 54.6 Å². The SMILES string of the molecule is c1ccc(CCCCCCCCCCCCCCCc2cccc(-c3nn[nH]n3)c2)cc1. The quantitative estimate of drug-likeness (QED) is 0.222. The Balaban J connectivity index is 1.08. The molecule has 4 heteroatoms. The lowest BCUT2D eigenvalue weighted by Crippen LogP contribution is -1.89. The van der Waals surface area contributed by atoms with E-state index in [4.69, 9.17) is 0 Å². The third kappa shape index (κ3) is 9.76. The van der Waals surface area contributed by atoms with Crippen molar-refractivity contribution < 1.29 is 0 Å². The molecule has 0 aliphatic rings. The second kappa shape index (κ2) is 15.3. The number of aromatic amines is 1. The fourth-order valence-corrected chi connectivity index (χ4v) is 4.40. The highest BCUT2D eigenvalue weighted by Gasteiger charge is 2.03. The van der Waals surface area contributed by atoms with Crippen molar-refractivity contribution in [2.75, 3.05) is 0 Å². The van der Waals surface area contributed by atoms with E-state index in [0.717, 1.165) is 12.0 Å². The molecule has 3 rings (SSSR count). The Morgan fingerprint density at radius 3 is 1.62 bits per heavy atom. The minimum atomic E-state index is 0.676. The summed E-state index contributed by atoms with van der Waals surface area (Å²) in [6.07, 6.45) is 20.4. The van der Waals surface area contributed by atoms with Crippen LogP contribution in [0.25, 0.3) is 11.4 Å². The van der Waals surface area contributed by atoms with Gasteiger partial charge in [-0.05, 0) is 48.1 Å². The van der Waals surface area contributed by atoms with Gasteiger partial charge in [-0.1, -0.05) is 119 Å². The normalized spacial score (nSPS) is 11.1. The van der Waals surface area contributed by atoms with Crippen molar-refractivity contribution in [2.24, 2.45) is 0 Å². The highest BCUT2D eigenvalue weighted by Crippen LogP contribution is 2.18. The largest absolute Gasteiger partial charge is 0.204 e. The van der Waals surface area contributed by atoms with E-state index in [0.29, 0.717) is 5.82 Å². The summed E-state index contributed by atoms with van der Waals surface area (Å²) in [5, 5.41) is 14.3. The minimum Gasteiger partial charge on any atom is -0.177 e. The number of aryl methyl sites for hydroxylation is 2. The number of H-pyrrole nitrogens is 1. The molecule has 0 saturated carbocycles. The van der Waals surface area contributed by atoms with Crippen LogP contribution in [0.2, 0.25) is 0 Å². The number of tetrazole rings is 1. The van der Waals surface area contributed by atoms with Crippen molar-refractivity contribution in [3.05, 3.63) is 65.7 Å². The lowest BCUT2D eigenvalue weighted by molar-refractivity contribution is 0.536. The molecular weight excluding hydrogens is 392 g/mol. The van der Waals surface area contributed by atoms with Crippen molar-refractivity contribution in [3.8, 4) is 11.4 Å². The fraction of sp³-hybridized carbons (Fsp3) is 0.536. The van der Waals surface area contributed by atoms with E-state index < -0.39 is 0 Å². The molecule has 0 radical (unpaired) electrons. The van der Waals surface area contributed by atoms with Crippen LogP contribution in [0.5, 0.6) is 0 Å². The van der Waals surface area contributed by atoms with Gasteiger partial charge in [0.15, 0.2) is 0 Å². The number of aromatic nitrogens is 4. The van der Waals surface area contributed by atoms with Gasteiger partial charge in [-0.25, -0.2) is 0 Å². The molecular formula is C28H40N4. The first-order valence-electron chi connectivity index (χ1n) is 12.8. The number of hydrogen-bond acceptors (Lipinski definition) is 3. The molecule has 32 heavy (non-hydrogen) atoms. The minimum absolute atomic E-state index is 0.676. The van der Waals surface area contributed by atoms with Gasteiger partial charge in [0.1, 0.15) is 0 Å². The Kier molecular flexibility index (Phi) is 11.6. The molecule has 0 atom stereocenters. The van der Waals surface area contributed by atoms with Gasteiger partial charge in [-0.2, -0.15) is 5.21 Å². The summed E-state index contributed by atoms with van der Waals surface area (Å²) < 4.78 is 0. The molecule has 0 amide bonds. The van der Waals surface area contributed by atoms with Gasteiger partial charge in [-0.15, -0.1) is 10.2 Å². The summed E-state index contributed by atoms with van der Waals surface area (Å²) in [6, 6.07) is 19.4. The molecule has 172 valence electrons. The highest BCUT2D eigenvalue weighted by atomic mass is 15.5. The monoisotopic (exact) mass is 432 g/mol. The number of benzene rings is 2. The van der Waals surface area contributed by atoms with Crippen molar-refractivity contribution in [3.63, 3.8) is 0 Å². The molecule has 2 aromatic carbocycles. The summed E-state index contributed by atoms with van der Waals surface area (Å²) in [5.74, 6) is 0.676. The van der Waals surface area contributed by atoms with E-state index in [-0.39, 0.29) is 0 Å². The zero-order valence-corrected chi connectivity index (χ0v) is 19.6. The lowest BCUT2D eigenvalue weighted by Gasteiger charge is -2.05. The van der Waals surface area contributed by atoms with Crippen LogP contribution in [0, 0.1) is 0 Å². The van der Waals surface area contributed by atoms with Crippen LogP contribution < -0.4 is 0 Å². The van der Waals surface area contributed by atoms with Crippen LogP contribution >= 0.6 is 0 Å². The van der Waals surface area contributed by atoms with Gasteiger partial charge in [0.25, 0.3) is 0 Å². The Hall–Kier alpha value is -2.49. The molecule has 3 aromatic rings. The Morgan fingerprint density at radius 2 is 1.06 bits per heavy atom. The van der Waals surface area contributed by atoms with E-state index in [9.17, 15) is 0 Å².